The monoisotopic (exact) mass is 314 g/mol. The molecule has 5 heteroatoms. The van der Waals surface area contributed by atoms with Gasteiger partial charge in [0.05, 0.1) is 4.92 Å². The van der Waals surface area contributed by atoms with Crippen molar-refractivity contribution in [1.29, 1.82) is 0 Å². The maximum Gasteiger partial charge on any atom is 0.272 e. The molecule has 1 heterocycles. The Hall–Kier alpha value is -1.85. The predicted octanol–water partition coefficient (Wildman–Crippen LogP) is 3.78. The second-order valence-corrected chi connectivity index (χ2v) is 6.63. The van der Waals surface area contributed by atoms with Crippen LogP contribution in [-0.2, 0) is 12.8 Å². The lowest BCUT2D eigenvalue weighted by Gasteiger charge is -2.12. The molecular formula is C17H18N2O2S. The summed E-state index contributed by atoms with van der Waals surface area (Å²) < 4.78 is 0. The summed E-state index contributed by atoms with van der Waals surface area (Å²) in [5, 5.41) is 11.3. The SMILES string of the molecule is CN1CCc2c(Sc3ccccc3)ccc([N+](=O)[O-])c2CC1. The number of nitro groups is 1. The van der Waals surface area contributed by atoms with Gasteiger partial charge in [0.15, 0.2) is 0 Å². The number of rotatable bonds is 3. The van der Waals surface area contributed by atoms with Crippen LogP contribution in [0.3, 0.4) is 0 Å². The molecule has 0 spiro atoms. The first-order chi connectivity index (χ1) is 10.6. The lowest BCUT2D eigenvalue weighted by atomic mass is 10.0. The van der Waals surface area contributed by atoms with Crippen LogP contribution in [0.1, 0.15) is 11.1 Å². The van der Waals surface area contributed by atoms with Crippen molar-refractivity contribution in [1.82, 2.24) is 4.90 Å². The van der Waals surface area contributed by atoms with Gasteiger partial charge >= 0.3 is 0 Å². The average Bonchev–Trinajstić information content (AvgIpc) is 2.71. The number of benzene rings is 2. The van der Waals surface area contributed by atoms with Gasteiger partial charge in [-0.25, -0.2) is 0 Å². The van der Waals surface area contributed by atoms with E-state index in [4.69, 9.17) is 0 Å². The van der Waals surface area contributed by atoms with Crippen molar-refractivity contribution >= 4 is 17.4 Å². The third-order valence-corrected chi connectivity index (χ3v) is 5.13. The zero-order valence-electron chi connectivity index (χ0n) is 12.5. The highest BCUT2D eigenvalue weighted by Crippen LogP contribution is 2.37. The summed E-state index contributed by atoms with van der Waals surface area (Å²) >= 11 is 1.69. The number of fused-ring (bicyclic) bond motifs is 1. The molecule has 0 bridgehead atoms. The standard InChI is InChI=1S/C17H18N2O2S/c1-18-11-9-14-15(10-12-18)17(8-7-16(14)19(20)21)22-13-5-3-2-4-6-13/h2-8H,9-12H2,1H3. The van der Waals surface area contributed by atoms with Crippen LogP contribution in [0.25, 0.3) is 0 Å². The molecule has 0 saturated carbocycles. The van der Waals surface area contributed by atoms with Gasteiger partial charge in [-0.2, -0.15) is 0 Å². The van der Waals surface area contributed by atoms with E-state index in [1.165, 1.54) is 0 Å². The summed E-state index contributed by atoms with van der Waals surface area (Å²) in [6, 6.07) is 13.7. The smallest absolute Gasteiger partial charge is 0.272 e. The Morgan fingerprint density at radius 3 is 2.41 bits per heavy atom. The average molecular weight is 314 g/mol. The Labute approximate surface area is 134 Å². The zero-order valence-corrected chi connectivity index (χ0v) is 13.3. The van der Waals surface area contributed by atoms with Gasteiger partial charge in [-0.15, -0.1) is 0 Å². The topological polar surface area (TPSA) is 46.4 Å². The van der Waals surface area contributed by atoms with Gasteiger partial charge in [0, 0.05) is 34.5 Å². The van der Waals surface area contributed by atoms with E-state index < -0.39 is 0 Å². The van der Waals surface area contributed by atoms with Crippen molar-refractivity contribution in [2.45, 2.75) is 22.6 Å². The molecule has 1 aliphatic rings. The molecule has 0 unspecified atom stereocenters. The molecular weight excluding hydrogens is 296 g/mol. The van der Waals surface area contributed by atoms with Crippen LogP contribution in [0.15, 0.2) is 52.3 Å². The van der Waals surface area contributed by atoms with Gasteiger partial charge in [0.2, 0.25) is 0 Å². The number of hydrogen-bond donors (Lipinski definition) is 0. The Morgan fingerprint density at radius 1 is 1.05 bits per heavy atom. The van der Waals surface area contributed by atoms with Gasteiger partial charge in [-0.3, -0.25) is 10.1 Å². The van der Waals surface area contributed by atoms with E-state index >= 15 is 0 Å². The summed E-state index contributed by atoms with van der Waals surface area (Å²) in [7, 11) is 2.07. The highest BCUT2D eigenvalue weighted by Gasteiger charge is 2.23. The van der Waals surface area contributed by atoms with Crippen LogP contribution in [0.5, 0.6) is 0 Å². The fraction of sp³-hybridized carbons (Fsp3) is 0.294. The lowest BCUT2D eigenvalue weighted by molar-refractivity contribution is -0.385. The van der Waals surface area contributed by atoms with E-state index in [-0.39, 0.29) is 10.6 Å². The highest BCUT2D eigenvalue weighted by molar-refractivity contribution is 7.99. The Morgan fingerprint density at radius 2 is 1.73 bits per heavy atom. The third-order valence-electron chi connectivity index (χ3n) is 4.02. The summed E-state index contributed by atoms with van der Waals surface area (Å²) in [6.45, 7) is 1.81. The van der Waals surface area contributed by atoms with Crippen molar-refractivity contribution in [2.24, 2.45) is 0 Å². The Kier molecular flexibility index (Phi) is 4.45. The normalized spacial score (nSPS) is 15.1. The van der Waals surface area contributed by atoms with Gasteiger partial charge in [0.25, 0.3) is 5.69 Å². The van der Waals surface area contributed by atoms with Crippen LogP contribution < -0.4 is 0 Å². The van der Waals surface area contributed by atoms with Crippen molar-refractivity contribution in [3.8, 4) is 0 Å². The maximum atomic E-state index is 11.3. The summed E-state index contributed by atoms with van der Waals surface area (Å²) in [5.41, 5.74) is 2.32. The molecule has 0 aromatic heterocycles. The molecule has 4 nitrogen and oxygen atoms in total. The quantitative estimate of drug-likeness (QED) is 0.639. The minimum atomic E-state index is -0.249. The largest absolute Gasteiger partial charge is 0.306 e. The zero-order chi connectivity index (χ0) is 15.5. The second kappa shape index (κ2) is 6.50. The van der Waals surface area contributed by atoms with Crippen molar-refractivity contribution in [3.05, 3.63) is 63.7 Å². The van der Waals surface area contributed by atoms with Crippen LogP contribution >= 0.6 is 11.8 Å². The Bertz CT molecular complexity index is 689. The molecule has 0 radical (unpaired) electrons. The minimum absolute atomic E-state index is 0.249. The molecule has 2 aromatic carbocycles. The number of likely N-dealkylation sites (N-methyl/N-ethyl adjacent to an activating group) is 1. The fourth-order valence-corrected chi connectivity index (χ4v) is 3.84. The Balaban J connectivity index is 2.03. The molecule has 1 aliphatic heterocycles. The van der Waals surface area contributed by atoms with Gasteiger partial charge in [-0.05, 0) is 43.7 Å². The van der Waals surface area contributed by atoms with E-state index in [9.17, 15) is 10.1 Å². The summed E-state index contributed by atoms with van der Waals surface area (Å²) in [5.74, 6) is 0. The first kappa shape index (κ1) is 15.1. The number of nitrogens with zero attached hydrogens (tertiary/aromatic N) is 2. The molecule has 0 N–H and O–H groups in total. The van der Waals surface area contributed by atoms with E-state index in [1.807, 2.05) is 24.3 Å². The molecule has 0 saturated heterocycles. The van der Waals surface area contributed by atoms with Crippen molar-refractivity contribution in [3.63, 3.8) is 0 Å². The third kappa shape index (κ3) is 3.15. The molecule has 2 aromatic rings. The molecule has 0 aliphatic carbocycles. The van der Waals surface area contributed by atoms with Crippen LogP contribution in [0, 0.1) is 10.1 Å². The fourth-order valence-electron chi connectivity index (χ4n) is 2.81. The first-order valence-corrected chi connectivity index (χ1v) is 8.17. The molecule has 22 heavy (non-hydrogen) atoms. The van der Waals surface area contributed by atoms with Crippen molar-refractivity contribution < 1.29 is 4.92 Å². The van der Waals surface area contributed by atoms with Gasteiger partial charge in [0.1, 0.15) is 0 Å². The van der Waals surface area contributed by atoms with Crippen LogP contribution in [0.4, 0.5) is 5.69 Å². The molecule has 0 amide bonds. The van der Waals surface area contributed by atoms with E-state index in [0.29, 0.717) is 0 Å². The number of hydrogen-bond acceptors (Lipinski definition) is 4. The maximum absolute atomic E-state index is 11.3. The minimum Gasteiger partial charge on any atom is -0.306 e. The number of nitro benzene ring substituents is 1. The van der Waals surface area contributed by atoms with E-state index in [0.717, 1.165) is 46.8 Å². The molecule has 3 rings (SSSR count). The molecule has 0 fully saturated rings. The van der Waals surface area contributed by atoms with Gasteiger partial charge in [-0.1, -0.05) is 30.0 Å². The van der Waals surface area contributed by atoms with E-state index in [1.54, 1.807) is 17.8 Å². The van der Waals surface area contributed by atoms with Crippen LogP contribution in [-0.4, -0.2) is 30.0 Å². The highest BCUT2D eigenvalue weighted by atomic mass is 32.2. The van der Waals surface area contributed by atoms with E-state index in [2.05, 4.69) is 24.1 Å². The predicted molar refractivity (Wildman–Crippen MR) is 88.6 cm³/mol. The van der Waals surface area contributed by atoms with Crippen LogP contribution in [0.2, 0.25) is 0 Å². The molecule has 114 valence electrons. The summed E-state index contributed by atoms with van der Waals surface area (Å²) in [6.07, 6.45) is 1.61. The first-order valence-electron chi connectivity index (χ1n) is 7.36. The second-order valence-electron chi connectivity index (χ2n) is 5.52. The van der Waals surface area contributed by atoms with Gasteiger partial charge < -0.3 is 4.90 Å². The summed E-state index contributed by atoms with van der Waals surface area (Å²) in [4.78, 5) is 15.6. The lowest BCUT2D eigenvalue weighted by Crippen LogP contribution is -2.20. The molecule has 0 atom stereocenters. The van der Waals surface area contributed by atoms with Crippen molar-refractivity contribution in [2.75, 3.05) is 20.1 Å².